The first-order valence-electron chi connectivity index (χ1n) is 10.1. The minimum Gasteiger partial charge on any atom is -0.369 e. The molecule has 4 aromatic rings. The number of piperazine rings is 1. The van der Waals surface area contributed by atoms with Gasteiger partial charge in [-0.2, -0.15) is 5.10 Å². The van der Waals surface area contributed by atoms with Crippen LogP contribution in [0.3, 0.4) is 0 Å². The summed E-state index contributed by atoms with van der Waals surface area (Å²) in [5, 5.41) is 5.33. The van der Waals surface area contributed by atoms with Gasteiger partial charge in [0.25, 0.3) is 0 Å². The molecule has 0 unspecified atom stereocenters. The van der Waals surface area contributed by atoms with Crippen molar-refractivity contribution in [3.8, 4) is 16.9 Å². The molecule has 0 N–H and O–H groups in total. The predicted molar refractivity (Wildman–Crippen MR) is 115 cm³/mol. The van der Waals surface area contributed by atoms with Gasteiger partial charge in [0.05, 0.1) is 5.52 Å². The quantitative estimate of drug-likeness (QED) is 0.450. The molecule has 7 heteroatoms. The van der Waals surface area contributed by atoms with Gasteiger partial charge in [-0.25, -0.2) is 17.9 Å². The molecule has 2 heterocycles. The fraction of sp³-hybridized carbons (Fsp3) is 0.208. The van der Waals surface area contributed by atoms with Crippen molar-refractivity contribution in [2.24, 2.45) is 0 Å². The van der Waals surface area contributed by atoms with Crippen LogP contribution in [-0.4, -0.2) is 47.9 Å². The molecule has 3 aromatic carbocycles. The third-order valence-electron chi connectivity index (χ3n) is 5.78. The summed E-state index contributed by atoms with van der Waals surface area (Å²) >= 11 is 0. The lowest BCUT2D eigenvalue weighted by molar-refractivity contribution is 0.313. The van der Waals surface area contributed by atoms with Crippen LogP contribution in [0.5, 0.6) is 0 Å². The summed E-state index contributed by atoms with van der Waals surface area (Å²) in [7, 11) is 2.12. The van der Waals surface area contributed by atoms with Crippen LogP contribution in [-0.2, 0) is 0 Å². The van der Waals surface area contributed by atoms with Gasteiger partial charge < -0.3 is 9.80 Å². The Morgan fingerprint density at radius 3 is 2.35 bits per heavy atom. The van der Waals surface area contributed by atoms with Gasteiger partial charge in [-0.3, -0.25) is 0 Å². The lowest BCUT2D eigenvalue weighted by Crippen LogP contribution is -2.44. The normalized spacial score (nSPS) is 15.0. The molecule has 1 aliphatic heterocycles. The minimum atomic E-state index is -1.51. The van der Waals surface area contributed by atoms with Gasteiger partial charge >= 0.3 is 0 Å². The van der Waals surface area contributed by atoms with E-state index in [2.05, 4.69) is 40.1 Å². The molecule has 0 aliphatic carbocycles. The lowest BCUT2D eigenvalue weighted by atomic mass is 10.1. The van der Waals surface area contributed by atoms with Crippen molar-refractivity contribution in [3.05, 3.63) is 78.1 Å². The smallest absolute Gasteiger partial charge is 0.196 e. The SMILES string of the molecule is CN1CCN(c2ccc(-c3nn(-c4ccc(F)c(F)c4F)c4c[c]ccc34)cc2)CC1. The molecule has 1 saturated heterocycles. The molecule has 1 aromatic heterocycles. The molecule has 0 saturated carbocycles. The summed E-state index contributed by atoms with van der Waals surface area (Å²) in [5.41, 5.74) is 3.05. The number of rotatable bonds is 3. The van der Waals surface area contributed by atoms with Crippen molar-refractivity contribution in [1.29, 1.82) is 0 Å². The van der Waals surface area contributed by atoms with Crippen LogP contribution in [0.25, 0.3) is 27.8 Å². The van der Waals surface area contributed by atoms with Crippen LogP contribution in [0, 0.1) is 23.5 Å². The molecule has 0 spiro atoms. The van der Waals surface area contributed by atoms with E-state index in [0.717, 1.165) is 48.9 Å². The van der Waals surface area contributed by atoms with Gasteiger partial charge in [0.2, 0.25) is 0 Å². The number of hydrogen-bond donors (Lipinski definition) is 0. The first kappa shape index (κ1) is 19.6. The highest BCUT2D eigenvalue weighted by atomic mass is 19.2. The summed E-state index contributed by atoms with van der Waals surface area (Å²) in [6.45, 7) is 3.98. The van der Waals surface area contributed by atoms with E-state index in [1.165, 1.54) is 10.7 Å². The van der Waals surface area contributed by atoms with E-state index in [1.54, 1.807) is 12.1 Å². The van der Waals surface area contributed by atoms with Crippen LogP contribution in [0.15, 0.2) is 54.6 Å². The summed E-state index contributed by atoms with van der Waals surface area (Å²) in [6, 6.07) is 18.4. The first-order valence-corrected chi connectivity index (χ1v) is 10.1. The van der Waals surface area contributed by atoms with Crippen molar-refractivity contribution in [2.75, 3.05) is 38.1 Å². The molecule has 1 fully saturated rings. The highest BCUT2D eigenvalue weighted by Crippen LogP contribution is 2.32. The zero-order valence-corrected chi connectivity index (χ0v) is 16.9. The maximum absolute atomic E-state index is 14.5. The Bertz CT molecular complexity index is 1240. The Hall–Kier alpha value is -3.32. The maximum Gasteiger partial charge on any atom is 0.196 e. The van der Waals surface area contributed by atoms with E-state index in [4.69, 9.17) is 0 Å². The predicted octanol–water partition coefficient (Wildman–Crippen LogP) is 4.66. The van der Waals surface area contributed by atoms with Crippen molar-refractivity contribution in [3.63, 3.8) is 0 Å². The van der Waals surface area contributed by atoms with E-state index in [0.29, 0.717) is 11.2 Å². The van der Waals surface area contributed by atoms with Crippen LogP contribution < -0.4 is 4.90 Å². The number of aromatic nitrogens is 2. The summed E-state index contributed by atoms with van der Waals surface area (Å²) in [5.74, 6) is -4.02. The third-order valence-corrected chi connectivity index (χ3v) is 5.78. The average Bonchev–Trinajstić information content (AvgIpc) is 3.18. The molecule has 31 heavy (non-hydrogen) atoms. The zero-order chi connectivity index (χ0) is 21.5. The number of hydrogen-bond acceptors (Lipinski definition) is 3. The van der Waals surface area contributed by atoms with Gasteiger partial charge in [-0.05, 0) is 49.5 Å². The fourth-order valence-corrected chi connectivity index (χ4v) is 3.98. The fourth-order valence-electron chi connectivity index (χ4n) is 3.98. The second kappa shape index (κ2) is 7.74. The van der Waals surface area contributed by atoms with Crippen LogP contribution in [0.4, 0.5) is 18.9 Å². The van der Waals surface area contributed by atoms with E-state index in [1.807, 2.05) is 18.2 Å². The van der Waals surface area contributed by atoms with Crippen molar-refractivity contribution in [2.45, 2.75) is 0 Å². The highest BCUT2D eigenvalue weighted by Gasteiger charge is 2.20. The monoisotopic (exact) mass is 421 g/mol. The molecule has 4 nitrogen and oxygen atoms in total. The topological polar surface area (TPSA) is 24.3 Å². The lowest BCUT2D eigenvalue weighted by Gasteiger charge is -2.34. The second-order valence-electron chi connectivity index (χ2n) is 7.74. The first-order chi connectivity index (χ1) is 15.0. The van der Waals surface area contributed by atoms with Crippen molar-refractivity contribution >= 4 is 16.6 Å². The van der Waals surface area contributed by atoms with Gasteiger partial charge in [0.15, 0.2) is 17.5 Å². The Balaban J connectivity index is 1.56. The number of fused-ring (bicyclic) bond motifs is 1. The maximum atomic E-state index is 14.5. The molecule has 157 valence electrons. The number of likely N-dealkylation sites (N-methyl/N-ethyl adjacent to an activating group) is 1. The summed E-state index contributed by atoms with van der Waals surface area (Å²) < 4.78 is 43.0. The van der Waals surface area contributed by atoms with Crippen molar-refractivity contribution in [1.82, 2.24) is 14.7 Å². The number of halogens is 3. The number of benzene rings is 3. The molecular formula is C24H20F3N4. The van der Waals surface area contributed by atoms with Crippen molar-refractivity contribution < 1.29 is 13.2 Å². The number of anilines is 1. The Morgan fingerprint density at radius 1 is 0.871 bits per heavy atom. The largest absolute Gasteiger partial charge is 0.369 e. The second-order valence-corrected chi connectivity index (χ2v) is 7.74. The Labute approximate surface area is 178 Å². The van der Waals surface area contributed by atoms with Gasteiger partial charge in [-0.15, -0.1) is 0 Å². The Morgan fingerprint density at radius 2 is 1.61 bits per heavy atom. The van der Waals surface area contributed by atoms with E-state index < -0.39 is 17.5 Å². The molecule has 0 amide bonds. The van der Waals surface area contributed by atoms with Crippen LogP contribution in [0.2, 0.25) is 0 Å². The standard InChI is InChI=1S/C24H20F3N4/c1-29-12-14-30(15-13-29)17-8-6-16(7-9-17)24-18-4-2-3-5-20(18)31(28-24)21-11-10-19(25)22(26)23(21)27/h2,4-11H,12-15H2,1H3. The Kier molecular flexibility index (Phi) is 4.90. The number of nitrogens with zero attached hydrogens (tertiary/aromatic N) is 4. The third kappa shape index (κ3) is 3.45. The van der Waals surface area contributed by atoms with Gasteiger partial charge in [-0.1, -0.05) is 18.2 Å². The van der Waals surface area contributed by atoms with Crippen LogP contribution in [0.1, 0.15) is 0 Å². The molecule has 1 aliphatic rings. The van der Waals surface area contributed by atoms with E-state index in [9.17, 15) is 13.2 Å². The molecule has 1 radical (unpaired) electrons. The zero-order valence-electron chi connectivity index (χ0n) is 16.9. The van der Waals surface area contributed by atoms with Gasteiger partial charge in [0.1, 0.15) is 11.4 Å². The molecular weight excluding hydrogens is 401 g/mol. The molecule has 0 atom stereocenters. The highest BCUT2D eigenvalue weighted by molar-refractivity contribution is 5.94. The van der Waals surface area contributed by atoms with E-state index in [-0.39, 0.29) is 5.69 Å². The van der Waals surface area contributed by atoms with Gasteiger partial charge in [0, 0.05) is 42.8 Å². The minimum absolute atomic E-state index is 0.149. The summed E-state index contributed by atoms with van der Waals surface area (Å²) in [4.78, 5) is 4.64. The molecule has 0 bridgehead atoms. The van der Waals surface area contributed by atoms with E-state index >= 15 is 0 Å². The van der Waals surface area contributed by atoms with Crippen LogP contribution >= 0.6 is 0 Å². The summed E-state index contributed by atoms with van der Waals surface area (Å²) in [6.07, 6.45) is 0. The average molecular weight is 421 g/mol. The molecule has 5 rings (SSSR count).